The molecule has 0 aromatic rings. The van der Waals surface area contributed by atoms with E-state index in [9.17, 15) is 8.42 Å². The molecule has 1 fully saturated rings. The van der Waals surface area contributed by atoms with E-state index in [1.807, 2.05) is 0 Å². The Labute approximate surface area is 106 Å². The van der Waals surface area contributed by atoms with Crippen LogP contribution in [-0.2, 0) is 10.0 Å². The third kappa shape index (κ3) is 7.01. The highest BCUT2D eigenvalue weighted by Gasteiger charge is 2.18. The summed E-state index contributed by atoms with van der Waals surface area (Å²) in [5, 5.41) is 3.36. The lowest BCUT2D eigenvalue weighted by Crippen LogP contribution is -2.32. The number of nitrogens with one attached hydrogen (secondary N) is 2. The summed E-state index contributed by atoms with van der Waals surface area (Å²) in [5.74, 6) is 0.231. The number of rotatable bonds is 6. The molecule has 4 nitrogen and oxygen atoms in total. The molecule has 0 radical (unpaired) electrons. The Kier molecular flexibility index (Phi) is 5.41. The van der Waals surface area contributed by atoms with Gasteiger partial charge in [-0.15, -0.1) is 0 Å². The molecular weight excluding hydrogens is 236 g/mol. The first-order valence-electron chi connectivity index (χ1n) is 6.49. The summed E-state index contributed by atoms with van der Waals surface area (Å²) in [5.41, 5.74) is 0.0712. The molecule has 0 bridgehead atoms. The zero-order valence-corrected chi connectivity index (χ0v) is 12.1. The van der Waals surface area contributed by atoms with E-state index in [4.69, 9.17) is 0 Å². The highest BCUT2D eigenvalue weighted by Crippen LogP contribution is 2.18. The summed E-state index contributed by atoms with van der Waals surface area (Å²) < 4.78 is 26.1. The monoisotopic (exact) mass is 262 g/mol. The molecule has 0 spiro atoms. The number of sulfonamides is 1. The molecule has 0 aromatic carbocycles. The average molecular weight is 262 g/mol. The van der Waals surface area contributed by atoms with Crippen LogP contribution in [0.1, 0.15) is 46.5 Å². The van der Waals surface area contributed by atoms with Crippen molar-refractivity contribution in [3.05, 3.63) is 0 Å². The minimum atomic E-state index is -3.08. The van der Waals surface area contributed by atoms with Gasteiger partial charge in [-0.05, 0) is 37.6 Å². The van der Waals surface area contributed by atoms with Crippen LogP contribution in [0.2, 0.25) is 0 Å². The molecule has 2 N–H and O–H groups in total. The van der Waals surface area contributed by atoms with Crippen molar-refractivity contribution in [3.63, 3.8) is 0 Å². The van der Waals surface area contributed by atoms with Gasteiger partial charge in [0.05, 0.1) is 5.75 Å². The maximum Gasteiger partial charge on any atom is 0.211 e. The van der Waals surface area contributed by atoms with Crippen LogP contribution in [0.25, 0.3) is 0 Å². The zero-order chi connectivity index (χ0) is 12.9. The topological polar surface area (TPSA) is 58.2 Å². The molecule has 102 valence electrons. The largest absolute Gasteiger partial charge is 0.314 e. The van der Waals surface area contributed by atoms with Crippen molar-refractivity contribution in [2.45, 2.75) is 52.5 Å². The van der Waals surface area contributed by atoms with Gasteiger partial charge in [0.2, 0.25) is 10.0 Å². The van der Waals surface area contributed by atoms with Crippen molar-refractivity contribution in [3.8, 4) is 0 Å². The van der Waals surface area contributed by atoms with Gasteiger partial charge in [0.15, 0.2) is 0 Å². The summed E-state index contributed by atoms with van der Waals surface area (Å²) in [6.45, 7) is 7.81. The Balaban J connectivity index is 2.20. The maximum atomic E-state index is 11.7. The van der Waals surface area contributed by atoms with E-state index in [-0.39, 0.29) is 11.2 Å². The van der Waals surface area contributed by atoms with E-state index in [0.29, 0.717) is 19.0 Å². The first kappa shape index (κ1) is 14.9. The van der Waals surface area contributed by atoms with Gasteiger partial charge in [-0.3, -0.25) is 0 Å². The summed E-state index contributed by atoms with van der Waals surface area (Å²) in [4.78, 5) is 0. The van der Waals surface area contributed by atoms with Crippen LogP contribution < -0.4 is 10.0 Å². The highest BCUT2D eigenvalue weighted by molar-refractivity contribution is 7.89. The van der Waals surface area contributed by atoms with Gasteiger partial charge in [-0.25, -0.2) is 13.1 Å². The Morgan fingerprint density at radius 3 is 2.59 bits per heavy atom. The van der Waals surface area contributed by atoms with Gasteiger partial charge in [0.25, 0.3) is 0 Å². The molecule has 0 aromatic heterocycles. The molecule has 1 saturated heterocycles. The Morgan fingerprint density at radius 2 is 2.06 bits per heavy atom. The molecule has 1 atom stereocenters. The van der Waals surface area contributed by atoms with E-state index < -0.39 is 10.0 Å². The minimum Gasteiger partial charge on any atom is -0.314 e. The van der Waals surface area contributed by atoms with Crippen LogP contribution in [0.5, 0.6) is 0 Å². The third-order valence-corrected chi connectivity index (χ3v) is 4.48. The lowest BCUT2D eigenvalue weighted by Gasteiger charge is -2.18. The number of hydrogen-bond acceptors (Lipinski definition) is 3. The van der Waals surface area contributed by atoms with Gasteiger partial charge in [0, 0.05) is 12.6 Å². The average Bonchev–Trinajstić information content (AvgIpc) is 2.67. The minimum absolute atomic E-state index is 0.0712. The molecule has 1 aliphatic heterocycles. The molecule has 0 amide bonds. The summed E-state index contributed by atoms with van der Waals surface area (Å²) in [6, 6.07) is 0.500. The van der Waals surface area contributed by atoms with Crippen molar-refractivity contribution >= 4 is 10.0 Å². The zero-order valence-electron chi connectivity index (χ0n) is 11.3. The summed E-state index contributed by atoms with van der Waals surface area (Å²) in [6.07, 6.45) is 3.98. The predicted octanol–water partition coefficient (Wildman–Crippen LogP) is 1.48. The SMILES string of the molecule is CC(C)(C)CCS(=O)(=O)NCC[C@@H]1CCCN1. The fourth-order valence-corrected chi connectivity index (χ4v) is 3.36. The summed E-state index contributed by atoms with van der Waals surface area (Å²) >= 11 is 0. The maximum absolute atomic E-state index is 11.7. The Morgan fingerprint density at radius 1 is 1.35 bits per heavy atom. The van der Waals surface area contributed by atoms with Crippen molar-refractivity contribution in [1.29, 1.82) is 0 Å². The van der Waals surface area contributed by atoms with Crippen LogP contribution in [0.15, 0.2) is 0 Å². The van der Waals surface area contributed by atoms with Crippen LogP contribution in [0, 0.1) is 5.41 Å². The van der Waals surface area contributed by atoms with E-state index in [2.05, 4.69) is 30.8 Å². The first-order valence-corrected chi connectivity index (χ1v) is 8.14. The molecule has 1 heterocycles. The van der Waals surface area contributed by atoms with Crippen LogP contribution in [-0.4, -0.2) is 33.3 Å². The fraction of sp³-hybridized carbons (Fsp3) is 1.00. The van der Waals surface area contributed by atoms with Gasteiger partial charge in [-0.2, -0.15) is 0 Å². The lowest BCUT2D eigenvalue weighted by molar-refractivity contribution is 0.396. The molecule has 5 heteroatoms. The predicted molar refractivity (Wildman–Crippen MR) is 71.5 cm³/mol. The van der Waals surface area contributed by atoms with E-state index in [0.717, 1.165) is 13.0 Å². The van der Waals surface area contributed by atoms with Crippen molar-refractivity contribution < 1.29 is 8.42 Å². The Bertz CT molecular complexity index is 314. The van der Waals surface area contributed by atoms with Crippen molar-refractivity contribution in [2.75, 3.05) is 18.8 Å². The van der Waals surface area contributed by atoms with Gasteiger partial charge < -0.3 is 5.32 Å². The fourth-order valence-electron chi connectivity index (χ4n) is 1.90. The molecule has 1 rings (SSSR count). The second-order valence-corrected chi connectivity index (χ2v) is 8.03. The van der Waals surface area contributed by atoms with Crippen molar-refractivity contribution in [2.24, 2.45) is 5.41 Å². The Hall–Kier alpha value is -0.130. The smallest absolute Gasteiger partial charge is 0.211 e. The summed E-state index contributed by atoms with van der Waals surface area (Å²) in [7, 11) is -3.08. The first-order chi connectivity index (χ1) is 7.79. The molecular formula is C12H26N2O2S. The normalized spacial score (nSPS) is 21.9. The van der Waals surface area contributed by atoms with Crippen LogP contribution in [0.3, 0.4) is 0 Å². The standard InChI is InChI=1S/C12H26N2O2S/c1-12(2,3)7-10-17(15,16)14-9-6-11-5-4-8-13-11/h11,13-14H,4-10H2,1-3H3/t11-/m0/s1. The lowest BCUT2D eigenvalue weighted by atomic mass is 9.94. The van der Waals surface area contributed by atoms with Crippen molar-refractivity contribution in [1.82, 2.24) is 10.0 Å². The highest BCUT2D eigenvalue weighted by atomic mass is 32.2. The molecule has 0 unspecified atom stereocenters. The molecule has 1 aliphatic rings. The third-order valence-electron chi connectivity index (χ3n) is 3.10. The van der Waals surface area contributed by atoms with Gasteiger partial charge in [-0.1, -0.05) is 20.8 Å². The second kappa shape index (κ2) is 6.16. The number of hydrogen-bond donors (Lipinski definition) is 2. The van der Waals surface area contributed by atoms with Crippen LogP contribution in [0.4, 0.5) is 0 Å². The van der Waals surface area contributed by atoms with E-state index in [1.165, 1.54) is 12.8 Å². The molecule has 0 saturated carbocycles. The van der Waals surface area contributed by atoms with E-state index >= 15 is 0 Å². The van der Waals surface area contributed by atoms with Crippen LogP contribution >= 0.6 is 0 Å². The molecule has 0 aliphatic carbocycles. The second-order valence-electron chi connectivity index (χ2n) is 6.11. The van der Waals surface area contributed by atoms with Gasteiger partial charge >= 0.3 is 0 Å². The molecule has 17 heavy (non-hydrogen) atoms. The van der Waals surface area contributed by atoms with Gasteiger partial charge in [0.1, 0.15) is 0 Å². The van der Waals surface area contributed by atoms with E-state index in [1.54, 1.807) is 0 Å². The quantitative estimate of drug-likeness (QED) is 0.762.